The Kier molecular flexibility index (Phi) is 3.27. The summed E-state index contributed by atoms with van der Waals surface area (Å²) in [6, 6.07) is 0. The summed E-state index contributed by atoms with van der Waals surface area (Å²) in [5, 5.41) is 3.78. The minimum Gasteiger partial charge on any atom is -0.370 e. The first-order valence-corrected chi connectivity index (χ1v) is 4.32. The van der Waals surface area contributed by atoms with Crippen molar-refractivity contribution in [3.63, 3.8) is 0 Å². The molecule has 15 heavy (non-hydrogen) atoms. The molecule has 1 heterocycles. The molecule has 1 aromatic rings. The van der Waals surface area contributed by atoms with Crippen molar-refractivity contribution in [3.8, 4) is 0 Å². The molecule has 1 aromatic heterocycles. The van der Waals surface area contributed by atoms with E-state index in [0.29, 0.717) is 12.3 Å². The van der Waals surface area contributed by atoms with Crippen molar-refractivity contribution in [1.29, 1.82) is 0 Å². The summed E-state index contributed by atoms with van der Waals surface area (Å²) in [6.45, 7) is 3.99. The Bertz CT molecular complexity index is 382. The lowest BCUT2D eigenvalue weighted by Crippen LogP contribution is -2.26. The SMILES string of the molecule is Cc1noc(C)c1CN=C(N)N=C(N)N. The number of guanidine groups is 2. The highest BCUT2D eigenvalue weighted by atomic mass is 16.5. The summed E-state index contributed by atoms with van der Waals surface area (Å²) < 4.78 is 4.96. The van der Waals surface area contributed by atoms with Gasteiger partial charge in [0.05, 0.1) is 12.2 Å². The van der Waals surface area contributed by atoms with Crippen LogP contribution in [-0.2, 0) is 6.54 Å². The molecule has 7 heteroatoms. The number of hydrogen-bond acceptors (Lipinski definition) is 3. The van der Waals surface area contributed by atoms with Crippen LogP contribution in [0.2, 0.25) is 0 Å². The summed E-state index contributed by atoms with van der Waals surface area (Å²) in [7, 11) is 0. The van der Waals surface area contributed by atoms with Gasteiger partial charge in [0.15, 0.2) is 5.96 Å². The molecule has 1 rings (SSSR count). The summed E-state index contributed by atoms with van der Waals surface area (Å²) >= 11 is 0. The lowest BCUT2D eigenvalue weighted by molar-refractivity contribution is 0.392. The van der Waals surface area contributed by atoms with Gasteiger partial charge >= 0.3 is 0 Å². The van der Waals surface area contributed by atoms with Crippen LogP contribution in [0.1, 0.15) is 17.0 Å². The van der Waals surface area contributed by atoms with Gasteiger partial charge in [0.1, 0.15) is 5.76 Å². The average Bonchev–Trinajstić information content (AvgIpc) is 2.42. The molecule has 0 aliphatic carbocycles. The van der Waals surface area contributed by atoms with Crippen molar-refractivity contribution < 1.29 is 4.52 Å². The number of nitrogens with two attached hydrogens (primary N) is 3. The standard InChI is InChI=1S/C8H14N6O/c1-4-6(5(2)15-14-4)3-12-8(11)13-7(9)10/h3H2,1-2H3,(H6,9,10,11,12,13). The Hall–Kier alpha value is -2.05. The summed E-state index contributed by atoms with van der Waals surface area (Å²) in [5.74, 6) is 0.638. The molecule has 0 aliphatic heterocycles. The van der Waals surface area contributed by atoms with Crippen molar-refractivity contribution in [2.45, 2.75) is 20.4 Å². The third-order valence-corrected chi connectivity index (χ3v) is 1.82. The normalized spacial score (nSPS) is 11.5. The molecule has 0 unspecified atom stereocenters. The predicted octanol–water partition coefficient (Wildman–Crippen LogP) is -0.620. The maximum absolute atomic E-state index is 5.44. The number of aryl methyl sites for hydroxylation is 2. The maximum Gasteiger partial charge on any atom is 0.218 e. The Labute approximate surface area is 87.0 Å². The predicted molar refractivity (Wildman–Crippen MR) is 57.1 cm³/mol. The van der Waals surface area contributed by atoms with Gasteiger partial charge in [-0.2, -0.15) is 4.99 Å². The highest BCUT2D eigenvalue weighted by Crippen LogP contribution is 2.12. The van der Waals surface area contributed by atoms with E-state index in [1.165, 1.54) is 0 Å². The first-order valence-electron chi connectivity index (χ1n) is 4.32. The second-order valence-corrected chi connectivity index (χ2v) is 3.01. The van der Waals surface area contributed by atoms with Gasteiger partial charge in [-0.3, -0.25) is 0 Å². The first-order chi connectivity index (χ1) is 7.00. The molecule has 0 aliphatic rings. The second-order valence-electron chi connectivity index (χ2n) is 3.01. The Morgan fingerprint density at radius 2 is 2.00 bits per heavy atom. The van der Waals surface area contributed by atoms with Gasteiger partial charge in [0.25, 0.3) is 0 Å². The third kappa shape index (κ3) is 2.97. The van der Waals surface area contributed by atoms with E-state index in [9.17, 15) is 0 Å². The van der Waals surface area contributed by atoms with Crippen LogP contribution in [0.25, 0.3) is 0 Å². The molecule has 0 aromatic carbocycles. The zero-order valence-electron chi connectivity index (χ0n) is 8.69. The monoisotopic (exact) mass is 210 g/mol. The molecule has 7 nitrogen and oxygen atoms in total. The Morgan fingerprint density at radius 1 is 1.33 bits per heavy atom. The van der Waals surface area contributed by atoms with Crippen LogP contribution in [0.15, 0.2) is 14.5 Å². The Balaban J connectivity index is 2.76. The fourth-order valence-electron chi connectivity index (χ4n) is 1.06. The fraction of sp³-hybridized carbons (Fsp3) is 0.375. The van der Waals surface area contributed by atoms with Gasteiger partial charge in [-0.15, -0.1) is 0 Å². The van der Waals surface area contributed by atoms with E-state index >= 15 is 0 Å². The van der Waals surface area contributed by atoms with Crippen molar-refractivity contribution in [1.82, 2.24) is 5.16 Å². The van der Waals surface area contributed by atoms with Gasteiger partial charge in [0.2, 0.25) is 5.96 Å². The van der Waals surface area contributed by atoms with Crippen molar-refractivity contribution >= 4 is 11.9 Å². The minimum absolute atomic E-state index is 0.0370. The summed E-state index contributed by atoms with van der Waals surface area (Å²) in [5.41, 5.74) is 17.4. The van der Waals surface area contributed by atoms with E-state index < -0.39 is 0 Å². The smallest absolute Gasteiger partial charge is 0.218 e. The molecule has 0 spiro atoms. The molecule has 82 valence electrons. The lowest BCUT2D eigenvalue weighted by atomic mass is 10.2. The molecular formula is C8H14N6O. The zero-order chi connectivity index (χ0) is 11.4. The van der Waals surface area contributed by atoms with Crippen LogP contribution in [-0.4, -0.2) is 17.1 Å². The molecule has 0 amide bonds. The molecule has 0 saturated carbocycles. The van der Waals surface area contributed by atoms with Crippen molar-refractivity contribution in [2.24, 2.45) is 27.2 Å². The zero-order valence-corrected chi connectivity index (χ0v) is 8.69. The summed E-state index contributed by atoms with van der Waals surface area (Å²) in [4.78, 5) is 7.56. The lowest BCUT2D eigenvalue weighted by Gasteiger charge is -1.95. The van der Waals surface area contributed by atoms with E-state index in [2.05, 4.69) is 15.1 Å². The quantitative estimate of drug-likeness (QED) is 0.442. The summed E-state index contributed by atoms with van der Waals surface area (Å²) in [6.07, 6.45) is 0. The van der Waals surface area contributed by atoms with Gasteiger partial charge in [-0.25, -0.2) is 4.99 Å². The molecule has 6 N–H and O–H groups in total. The molecular weight excluding hydrogens is 196 g/mol. The van der Waals surface area contributed by atoms with Gasteiger partial charge < -0.3 is 21.7 Å². The van der Waals surface area contributed by atoms with E-state index in [0.717, 1.165) is 11.3 Å². The number of aromatic nitrogens is 1. The fourth-order valence-corrected chi connectivity index (χ4v) is 1.06. The van der Waals surface area contributed by atoms with Crippen LogP contribution >= 0.6 is 0 Å². The number of rotatable bonds is 2. The second kappa shape index (κ2) is 4.45. The Morgan fingerprint density at radius 3 is 2.47 bits per heavy atom. The van der Waals surface area contributed by atoms with Crippen LogP contribution in [0.3, 0.4) is 0 Å². The minimum atomic E-state index is -0.116. The molecule has 0 radical (unpaired) electrons. The number of aliphatic imine (C=N–C) groups is 2. The third-order valence-electron chi connectivity index (χ3n) is 1.82. The van der Waals surface area contributed by atoms with E-state index in [1.807, 2.05) is 13.8 Å². The van der Waals surface area contributed by atoms with Crippen LogP contribution in [0, 0.1) is 13.8 Å². The van der Waals surface area contributed by atoms with Gasteiger partial charge in [0, 0.05) is 5.56 Å². The van der Waals surface area contributed by atoms with E-state index in [-0.39, 0.29) is 11.9 Å². The van der Waals surface area contributed by atoms with Crippen molar-refractivity contribution in [2.75, 3.05) is 0 Å². The van der Waals surface area contributed by atoms with Crippen LogP contribution < -0.4 is 17.2 Å². The largest absolute Gasteiger partial charge is 0.370 e. The topological polar surface area (TPSA) is 129 Å². The maximum atomic E-state index is 5.44. The van der Waals surface area contributed by atoms with Crippen molar-refractivity contribution in [3.05, 3.63) is 17.0 Å². The van der Waals surface area contributed by atoms with Crippen LogP contribution in [0.5, 0.6) is 0 Å². The van der Waals surface area contributed by atoms with Gasteiger partial charge in [-0.05, 0) is 13.8 Å². The highest BCUT2D eigenvalue weighted by Gasteiger charge is 2.07. The van der Waals surface area contributed by atoms with E-state index in [1.54, 1.807) is 0 Å². The van der Waals surface area contributed by atoms with Gasteiger partial charge in [-0.1, -0.05) is 5.16 Å². The van der Waals surface area contributed by atoms with Crippen LogP contribution in [0.4, 0.5) is 0 Å². The molecule has 0 bridgehead atoms. The number of hydrogen-bond donors (Lipinski definition) is 3. The first kappa shape index (κ1) is 11.0. The van der Waals surface area contributed by atoms with E-state index in [4.69, 9.17) is 21.7 Å². The molecule has 0 fully saturated rings. The molecule has 0 atom stereocenters. The highest BCUT2D eigenvalue weighted by molar-refractivity contribution is 5.92. The molecule has 0 saturated heterocycles. The average molecular weight is 210 g/mol. The number of nitrogens with zero attached hydrogens (tertiary/aromatic N) is 3.